The van der Waals surface area contributed by atoms with Crippen LogP contribution in [0.2, 0.25) is 0 Å². The first kappa shape index (κ1) is 30.1. The third-order valence-electron chi connectivity index (χ3n) is 7.30. The zero-order chi connectivity index (χ0) is 30.8. The maximum absolute atomic E-state index is 13.2. The number of benzene rings is 4. The number of fused-ring (bicyclic) bond motifs is 1. The molecule has 10 heteroatoms. The topological polar surface area (TPSA) is 87.8 Å². The summed E-state index contributed by atoms with van der Waals surface area (Å²) in [5.41, 5.74) is 3.24. The summed E-state index contributed by atoms with van der Waals surface area (Å²) in [5, 5.41) is 11.1. The Kier molecular flexibility index (Phi) is 8.43. The fourth-order valence-electron chi connectivity index (χ4n) is 5.11. The molecule has 0 aliphatic carbocycles. The van der Waals surface area contributed by atoms with Gasteiger partial charge in [0.25, 0.3) is 0 Å². The number of halogens is 3. The molecule has 0 aliphatic heterocycles. The van der Waals surface area contributed by atoms with Gasteiger partial charge in [0.1, 0.15) is 5.76 Å². The number of carbonyl (C=O) groups is 1. The Hall–Kier alpha value is -4.41. The lowest BCUT2D eigenvalue weighted by Gasteiger charge is -2.30. The molecule has 0 amide bonds. The molecule has 222 valence electrons. The molecule has 1 N–H and O–H groups in total. The number of carboxylic acid groups (broad SMARTS) is 1. The Bertz CT molecular complexity index is 1860. The standard InChI is InChI=1S/C33H28F3NO5S/c1-22(29-11-5-7-25-6-2-3-10-30(25)29)37(20-27-16-17-31(42-27)33(34,35)36)19-23-12-14-24(15-13-23)26-8-4-9-28(18-26)43(40,41)21-32(38)39/h2-18,22H,19-21H2,1H3,(H,38,39). The Morgan fingerprint density at radius 3 is 2.26 bits per heavy atom. The molecule has 43 heavy (non-hydrogen) atoms. The first-order chi connectivity index (χ1) is 20.4. The van der Waals surface area contributed by atoms with Gasteiger partial charge in [-0.3, -0.25) is 9.69 Å². The fourth-order valence-corrected chi connectivity index (χ4v) is 6.19. The van der Waals surface area contributed by atoms with Crippen LogP contribution in [0.25, 0.3) is 21.9 Å². The predicted octanol–water partition coefficient (Wildman–Crippen LogP) is 7.74. The lowest BCUT2D eigenvalue weighted by molar-refractivity contribution is -0.153. The molecule has 1 unspecified atom stereocenters. The number of hydrogen-bond donors (Lipinski definition) is 1. The van der Waals surface area contributed by atoms with Crippen LogP contribution in [-0.2, 0) is 33.9 Å². The van der Waals surface area contributed by atoms with E-state index in [0.29, 0.717) is 12.1 Å². The number of nitrogens with zero attached hydrogens (tertiary/aromatic N) is 1. The Labute approximate surface area is 246 Å². The molecule has 0 aliphatic rings. The Morgan fingerprint density at radius 1 is 0.860 bits per heavy atom. The predicted molar refractivity (Wildman–Crippen MR) is 157 cm³/mol. The van der Waals surface area contributed by atoms with Gasteiger partial charge in [-0.15, -0.1) is 0 Å². The van der Waals surface area contributed by atoms with E-state index in [9.17, 15) is 26.4 Å². The number of carboxylic acids is 1. The second-order valence-electron chi connectivity index (χ2n) is 10.3. The first-order valence-electron chi connectivity index (χ1n) is 13.4. The van der Waals surface area contributed by atoms with E-state index in [0.717, 1.165) is 33.5 Å². The Balaban J connectivity index is 1.44. The molecule has 5 rings (SSSR count). The highest BCUT2D eigenvalue weighted by Crippen LogP contribution is 2.34. The monoisotopic (exact) mass is 607 g/mol. The minimum Gasteiger partial charge on any atom is -0.480 e. The molecule has 0 bridgehead atoms. The van der Waals surface area contributed by atoms with Crippen LogP contribution in [0.1, 0.15) is 35.6 Å². The minimum atomic E-state index is -4.58. The summed E-state index contributed by atoms with van der Waals surface area (Å²) in [4.78, 5) is 12.9. The number of sulfone groups is 1. The molecule has 6 nitrogen and oxygen atoms in total. The average molecular weight is 608 g/mol. The highest BCUT2D eigenvalue weighted by Gasteiger charge is 2.35. The lowest BCUT2D eigenvalue weighted by Crippen LogP contribution is -2.26. The van der Waals surface area contributed by atoms with Gasteiger partial charge in [0, 0.05) is 12.6 Å². The quantitative estimate of drug-likeness (QED) is 0.175. The van der Waals surface area contributed by atoms with Crippen molar-refractivity contribution < 1.29 is 35.9 Å². The van der Waals surface area contributed by atoms with Crippen molar-refractivity contribution in [2.24, 2.45) is 0 Å². The number of furan rings is 1. The number of aliphatic carboxylic acids is 1. The summed E-state index contributed by atoms with van der Waals surface area (Å²) in [7, 11) is -3.99. The van der Waals surface area contributed by atoms with Gasteiger partial charge in [0.2, 0.25) is 5.76 Å². The van der Waals surface area contributed by atoms with Crippen LogP contribution < -0.4 is 0 Å². The molecule has 0 fully saturated rings. The molecule has 4 aromatic carbocycles. The van der Waals surface area contributed by atoms with Crippen LogP contribution in [-0.4, -0.2) is 30.1 Å². The fraction of sp³-hybridized carbons (Fsp3) is 0.182. The van der Waals surface area contributed by atoms with Gasteiger partial charge in [-0.2, -0.15) is 13.2 Å². The minimum absolute atomic E-state index is 0.0803. The van der Waals surface area contributed by atoms with Crippen LogP contribution in [0.4, 0.5) is 13.2 Å². The SMILES string of the molecule is CC(c1cccc2ccccc12)N(Cc1ccc(-c2cccc(S(=O)(=O)CC(=O)O)c2)cc1)Cc1ccc(C(F)(F)F)o1. The smallest absolute Gasteiger partial charge is 0.449 e. The molecule has 1 heterocycles. The van der Waals surface area contributed by atoms with Crippen molar-refractivity contribution in [3.63, 3.8) is 0 Å². The third-order valence-corrected chi connectivity index (χ3v) is 8.90. The zero-order valence-corrected chi connectivity index (χ0v) is 23.9. The highest BCUT2D eigenvalue weighted by molar-refractivity contribution is 7.92. The van der Waals surface area contributed by atoms with Crippen molar-refractivity contribution >= 4 is 26.6 Å². The molecular weight excluding hydrogens is 579 g/mol. The second-order valence-corrected chi connectivity index (χ2v) is 12.3. The molecule has 0 saturated carbocycles. The summed E-state index contributed by atoms with van der Waals surface area (Å²) in [6, 6.07) is 29.5. The molecule has 0 radical (unpaired) electrons. The molecule has 5 aromatic rings. The van der Waals surface area contributed by atoms with Crippen molar-refractivity contribution in [3.05, 3.63) is 126 Å². The Morgan fingerprint density at radius 2 is 1.56 bits per heavy atom. The highest BCUT2D eigenvalue weighted by atomic mass is 32.2. The lowest BCUT2D eigenvalue weighted by atomic mass is 9.98. The van der Waals surface area contributed by atoms with Crippen LogP contribution in [0.3, 0.4) is 0 Å². The van der Waals surface area contributed by atoms with Crippen molar-refractivity contribution in [2.75, 3.05) is 5.75 Å². The molecule has 1 atom stereocenters. The van der Waals surface area contributed by atoms with Crippen molar-refractivity contribution in [1.29, 1.82) is 0 Å². The van der Waals surface area contributed by atoms with E-state index >= 15 is 0 Å². The van der Waals surface area contributed by atoms with Crippen molar-refractivity contribution in [3.8, 4) is 11.1 Å². The maximum atomic E-state index is 13.2. The normalized spacial score (nSPS) is 13.0. The van der Waals surface area contributed by atoms with E-state index in [-0.39, 0.29) is 23.2 Å². The van der Waals surface area contributed by atoms with Gasteiger partial charge < -0.3 is 9.52 Å². The van der Waals surface area contributed by atoms with E-state index in [1.807, 2.05) is 78.6 Å². The van der Waals surface area contributed by atoms with Gasteiger partial charge in [-0.25, -0.2) is 8.42 Å². The summed E-state index contributed by atoms with van der Waals surface area (Å²) >= 11 is 0. The van der Waals surface area contributed by atoms with Crippen LogP contribution >= 0.6 is 0 Å². The van der Waals surface area contributed by atoms with Gasteiger partial charge in [-0.05, 0) is 64.2 Å². The first-order valence-corrected chi connectivity index (χ1v) is 15.1. The number of hydrogen-bond acceptors (Lipinski definition) is 5. The van der Waals surface area contributed by atoms with Gasteiger partial charge >= 0.3 is 12.1 Å². The van der Waals surface area contributed by atoms with Crippen LogP contribution in [0.5, 0.6) is 0 Å². The third kappa shape index (κ3) is 6.98. The van der Waals surface area contributed by atoms with Crippen LogP contribution in [0.15, 0.2) is 112 Å². The summed E-state index contributed by atoms with van der Waals surface area (Å²) in [6.45, 7) is 2.53. The van der Waals surface area contributed by atoms with E-state index in [1.165, 1.54) is 18.2 Å². The molecule has 0 saturated heterocycles. The molecule has 0 spiro atoms. The van der Waals surface area contributed by atoms with E-state index < -0.39 is 33.5 Å². The number of alkyl halides is 3. The maximum Gasteiger partial charge on any atom is 0.449 e. The number of rotatable bonds is 10. The zero-order valence-electron chi connectivity index (χ0n) is 23.1. The van der Waals surface area contributed by atoms with Crippen molar-refractivity contribution in [1.82, 2.24) is 4.90 Å². The largest absolute Gasteiger partial charge is 0.480 e. The molecular formula is C33H28F3NO5S. The van der Waals surface area contributed by atoms with Gasteiger partial charge in [0.15, 0.2) is 15.6 Å². The van der Waals surface area contributed by atoms with E-state index in [2.05, 4.69) is 0 Å². The van der Waals surface area contributed by atoms with Crippen molar-refractivity contribution in [2.45, 2.75) is 37.1 Å². The summed E-state index contributed by atoms with van der Waals surface area (Å²) in [6.07, 6.45) is -4.58. The van der Waals surface area contributed by atoms with E-state index in [1.54, 1.807) is 12.1 Å². The summed E-state index contributed by atoms with van der Waals surface area (Å²) in [5.74, 6) is -3.28. The average Bonchev–Trinajstić information content (AvgIpc) is 3.45. The van der Waals surface area contributed by atoms with E-state index in [4.69, 9.17) is 9.52 Å². The van der Waals surface area contributed by atoms with Gasteiger partial charge in [-0.1, -0.05) is 78.9 Å². The summed E-state index contributed by atoms with van der Waals surface area (Å²) < 4.78 is 69.7. The molecule has 1 aromatic heterocycles. The second kappa shape index (κ2) is 12.1. The van der Waals surface area contributed by atoms with Gasteiger partial charge in [0.05, 0.1) is 11.4 Å². The van der Waals surface area contributed by atoms with Crippen LogP contribution in [0, 0.1) is 0 Å².